The van der Waals surface area contributed by atoms with Crippen LogP contribution in [-0.2, 0) is 0 Å². The minimum Gasteiger partial charge on any atom is -0.492 e. The minimum absolute atomic E-state index is 0.340. The van der Waals surface area contributed by atoms with Gasteiger partial charge in [0, 0.05) is 12.2 Å². The zero-order valence-corrected chi connectivity index (χ0v) is 9.64. The van der Waals surface area contributed by atoms with Crippen LogP contribution in [0.2, 0.25) is 0 Å². The number of halogens is 1. The monoisotopic (exact) mass is 248 g/mol. The van der Waals surface area contributed by atoms with Gasteiger partial charge in [-0.1, -0.05) is 0 Å². The number of nitrogens with one attached hydrogen (secondary N) is 1. The first-order chi connectivity index (χ1) is 8.78. The van der Waals surface area contributed by atoms with Crippen LogP contribution in [0.4, 0.5) is 16.0 Å². The van der Waals surface area contributed by atoms with Gasteiger partial charge >= 0.3 is 0 Å². The van der Waals surface area contributed by atoms with Crippen molar-refractivity contribution >= 4 is 11.6 Å². The maximum atomic E-state index is 12.6. The lowest BCUT2D eigenvalue weighted by Gasteiger charge is -2.07. The molecule has 0 radical (unpaired) electrons. The van der Waals surface area contributed by atoms with E-state index >= 15 is 0 Å². The molecule has 3 N–H and O–H groups in total. The third-order valence-electron chi connectivity index (χ3n) is 2.12. The maximum Gasteiger partial charge on any atom is 0.227 e. The molecule has 0 saturated heterocycles. The van der Waals surface area contributed by atoms with Gasteiger partial charge in [-0.25, -0.2) is 14.4 Å². The molecule has 2 aromatic rings. The van der Waals surface area contributed by atoms with E-state index in [1.54, 1.807) is 0 Å². The number of hydrogen-bond acceptors (Lipinski definition) is 5. The summed E-state index contributed by atoms with van der Waals surface area (Å²) in [5.74, 6) is 0.615. The molecule has 0 saturated carbocycles. The first kappa shape index (κ1) is 12.3. The number of anilines is 2. The number of nitrogens with zero attached hydrogens (tertiary/aromatic N) is 2. The van der Waals surface area contributed by atoms with Crippen LogP contribution < -0.4 is 15.8 Å². The van der Waals surface area contributed by atoms with E-state index in [0.29, 0.717) is 19.1 Å². The molecule has 1 heterocycles. The molecule has 18 heavy (non-hydrogen) atoms. The largest absolute Gasteiger partial charge is 0.492 e. The quantitative estimate of drug-likeness (QED) is 0.842. The van der Waals surface area contributed by atoms with Crippen LogP contribution in [0.15, 0.2) is 36.7 Å². The van der Waals surface area contributed by atoms with Crippen LogP contribution in [0.5, 0.6) is 5.75 Å². The first-order valence-electron chi connectivity index (χ1n) is 5.45. The van der Waals surface area contributed by atoms with Gasteiger partial charge in [-0.15, -0.1) is 0 Å². The van der Waals surface area contributed by atoms with Crippen LogP contribution in [0.1, 0.15) is 0 Å². The van der Waals surface area contributed by atoms with Gasteiger partial charge in [0.05, 0.1) is 12.4 Å². The predicted molar refractivity (Wildman–Crippen MR) is 66.3 cm³/mol. The molecule has 5 nitrogen and oxygen atoms in total. The molecule has 0 aliphatic rings. The average Bonchev–Trinajstić information content (AvgIpc) is 2.41. The van der Waals surface area contributed by atoms with Crippen molar-refractivity contribution < 1.29 is 9.13 Å². The molecule has 2 rings (SSSR count). The Kier molecular flexibility index (Phi) is 4.03. The van der Waals surface area contributed by atoms with E-state index < -0.39 is 5.82 Å². The molecule has 94 valence electrons. The predicted octanol–water partition coefficient (Wildman–Crippen LogP) is 1.70. The summed E-state index contributed by atoms with van der Waals surface area (Å²) in [4.78, 5) is 7.60. The zero-order valence-electron chi connectivity index (χ0n) is 9.64. The van der Waals surface area contributed by atoms with Crippen LogP contribution in [-0.4, -0.2) is 23.1 Å². The summed E-state index contributed by atoms with van der Waals surface area (Å²) in [5.41, 5.74) is 6.13. The van der Waals surface area contributed by atoms with Crippen molar-refractivity contribution in [2.75, 3.05) is 18.5 Å². The molecule has 0 fully saturated rings. The second-order valence-corrected chi connectivity index (χ2v) is 3.51. The third-order valence-corrected chi connectivity index (χ3v) is 2.12. The average molecular weight is 248 g/mol. The van der Waals surface area contributed by atoms with Crippen molar-refractivity contribution in [3.63, 3.8) is 0 Å². The van der Waals surface area contributed by atoms with Gasteiger partial charge in [0.25, 0.3) is 0 Å². The van der Waals surface area contributed by atoms with E-state index in [4.69, 9.17) is 10.5 Å². The van der Waals surface area contributed by atoms with Crippen molar-refractivity contribution in [2.24, 2.45) is 5.73 Å². The van der Waals surface area contributed by atoms with Crippen molar-refractivity contribution in [2.45, 2.75) is 0 Å². The van der Waals surface area contributed by atoms with Crippen molar-refractivity contribution in [1.82, 2.24) is 9.97 Å². The van der Waals surface area contributed by atoms with Crippen LogP contribution in [0, 0.1) is 5.82 Å². The Hall–Kier alpha value is -2.21. The summed E-state index contributed by atoms with van der Waals surface area (Å²) < 4.78 is 18.0. The number of nitrogens with two attached hydrogens (primary N) is 1. The van der Waals surface area contributed by atoms with Crippen molar-refractivity contribution in [3.05, 3.63) is 42.5 Å². The van der Waals surface area contributed by atoms with Gasteiger partial charge in [0.2, 0.25) is 5.95 Å². The van der Waals surface area contributed by atoms with Crippen LogP contribution >= 0.6 is 0 Å². The van der Waals surface area contributed by atoms with E-state index in [9.17, 15) is 4.39 Å². The van der Waals surface area contributed by atoms with Gasteiger partial charge in [0.15, 0.2) is 5.82 Å². The number of ether oxygens (including phenoxy) is 1. The smallest absolute Gasteiger partial charge is 0.227 e. The molecule has 1 aromatic carbocycles. The van der Waals surface area contributed by atoms with Gasteiger partial charge < -0.3 is 15.8 Å². The standard InChI is InChI=1S/C12H13FN4O/c13-9-7-15-12(16-8-9)17-10-1-3-11(4-2-10)18-6-5-14/h1-4,7-8H,5-6,14H2,(H,15,16,17). The molecule has 0 aliphatic carbocycles. The van der Waals surface area contributed by atoms with E-state index in [0.717, 1.165) is 23.8 Å². The third kappa shape index (κ3) is 3.39. The minimum atomic E-state index is -0.467. The molecule has 0 aliphatic heterocycles. The van der Waals surface area contributed by atoms with Crippen molar-refractivity contribution in [3.8, 4) is 5.75 Å². The lowest BCUT2D eigenvalue weighted by Crippen LogP contribution is -2.10. The fourth-order valence-electron chi connectivity index (χ4n) is 1.32. The van der Waals surface area contributed by atoms with Crippen molar-refractivity contribution in [1.29, 1.82) is 0 Å². The summed E-state index contributed by atoms with van der Waals surface area (Å²) >= 11 is 0. The summed E-state index contributed by atoms with van der Waals surface area (Å²) in [5, 5.41) is 2.95. The number of aromatic nitrogens is 2. The molecule has 0 spiro atoms. The molecule has 6 heteroatoms. The molecule has 0 atom stereocenters. The second kappa shape index (κ2) is 5.92. The lowest BCUT2D eigenvalue weighted by atomic mass is 10.3. The highest BCUT2D eigenvalue weighted by molar-refractivity contribution is 5.54. The Morgan fingerprint density at radius 3 is 2.44 bits per heavy atom. The van der Waals surface area contributed by atoms with Gasteiger partial charge in [-0.3, -0.25) is 0 Å². The fourth-order valence-corrected chi connectivity index (χ4v) is 1.32. The summed E-state index contributed by atoms with van der Waals surface area (Å²) in [6.07, 6.45) is 2.21. The Morgan fingerprint density at radius 1 is 1.17 bits per heavy atom. The summed E-state index contributed by atoms with van der Waals surface area (Å²) in [6.45, 7) is 0.956. The molecule has 0 bridgehead atoms. The molecular weight excluding hydrogens is 235 g/mol. The van der Waals surface area contributed by atoms with E-state index in [-0.39, 0.29) is 0 Å². The Balaban J connectivity index is 1.99. The number of benzene rings is 1. The summed E-state index contributed by atoms with van der Waals surface area (Å²) in [6, 6.07) is 7.25. The van der Waals surface area contributed by atoms with Gasteiger partial charge in [0.1, 0.15) is 12.4 Å². The maximum absolute atomic E-state index is 12.6. The molecule has 0 amide bonds. The fraction of sp³-hybridized carbons (Fsp3) is 0.167. The highest BCUT2D eigenvalue weighted by Crippen LogP contribution is 2.17. The van der Waals surface area contributed by atoms with Crippen LogP contribution in [0.25, 0.3) is 0 Å². The molecule has 1 aromatic heterocycles. The Labute approximate surface area is 104 Å². The highest BCUT2D eigenvalue weighted by Gasteiger charge is 1.99. The topological polar surface area (TPSA) is 73.1 Å². The van der Waals surface area contributed by atoms with Crippen LogP contribution in [0.3, 0.4) is 0 Å². The lowest BCUT2D eigenvalue weighted by molar-refractivity contribution is 0.328. The Morgan fingerprint density at radius 2 is 1.83 bits per heavy atom. The molecular formula is C12H13FN4O. The van der Waals surface area contributed by atoms with Gasteiger partial charge in [-0.2, -0.15) is 0 Å². The normalized spacial score (nSPS) is 10.1. The number of rotatable bonds is 5. The highest BCUT2D eigenvalue weighted by atomic mass is 19.1. The summed E-state index contributed by atoms with van der Waals surface area (Å²) in [7, 11) is 0. The van der Waals surface area contributed by atoms with Gasteiger partial charge in [-0.05, 0) is 24.3 Å². The first-order valence-corrected chi connectivity index (χ1v) is 5.45. The second-order valence-electron chi connectivity index (χ2n) is 3.51. The zero-order chi connectivity index (χ0) is 12.8. The SMILES string of the molecule is NCCOc1ccc(Nc2ncc(F)cn2)cc1. The molecule has 0 unspecified atom stereocenters. The Bertz CT molecular complexity index is 486. The van der Waals surface area contributed by atoms with E-state index in [2.05, 4.69) is 15.3 Å². The van der Waals surface area contributed by atoms with E-state index in [1.165, 1.54) is 0 Å². The van der Waals surface area contributed by atoms with E-state index in [1.807, 2.05) is 24.3 Å². The number of hydrogen-bond donors (Lipinski definition) is 2.